The molecule has 0 aliphatic carbocycles. The Morgan fingerprint density at radius 2 is 1.36 bits per heavy atom. The summed E-state index contributed by atoms with van der Waals surface area (Å²) in [7, 11) is 0. The van der Waals surface area contributed by atoms with Gasteiger partial charge in [0.05, 0.1) is 52.4 Å². The first kappa shape index (κ1) is 24.3. The highest BCUT2D eigenvalue weighted by molar-refractivity contribution is 5.75. The summed E-state index contributed by atoms with van der Waals surface area (Å²) in [4.78, 5) is 11.6. The fraction of sp³-hybridized carbons (Fsp3) is 0.944. The molecule has 0 aliphatic rings. The first-order valence-corrected chi connectivity index (χ1v) is 9.37. The van der Waals surface area contributed by atoms with Crippen molar-refractivity contribution in [3.05, 3.63) is 0 Å². The molecule has 25 heavy (non-hydrogen) atoms. The number of carbonyl (C=O) groups is 1. The van der Waals surface area contributed by atoms with Crippen molar-refractivity contribution in [2.24, 2.45) is 0 Å². The van der Waals surface area contributed by atoms with E-state index in [0.717, 1.165) is 13.0 Å². The Labute approximate surface area is 153 Å². The van der Waals surface area contributed by atoms with Crippen LogP contribution in [-0.2, 0) is 23.7 Å². The molecule has 0 aliphatic heterocycles. The van der Waals surface area contributed by atoms with Crippen LogP contribution in [0.5, 0.6) is 0 Å². The van der Waals surface area contributed by atoms with Crippen LogP contribution in [-0.4, -0.2) is 77.4 Å². The lowest BCUT2D eigenvalue weighted by Crippen LogP contribution is -2.30. The first-order chi connectivity index (χ1) is 12.0. The molecule has 0 heterocycles. The summed E-state index contributed by atoms with van der Waals surface area (Å²) < 4.78 is 21.5. The zero-order valence-corrected chi connectivity index (χ0v) is 16.5. The zero-order valence-electron chi connectivity index (χ0n) is 16.5. The van der Waals surface area contributed by atoms with E-state index >= 15 is 0 Å². The first-order valence-electron chi connectivity index (χ1n) is 9.37. The molecule has 0 unspecified atom stereocenters. The van der Waals surface area contributed by atoms with Gasteiger partial charge in [-0.2, -0.15) is 0 Å². The minimum absolute atomic E-state index is 0.0301. The van der Waals surface area contributed by atoms with Gasteiger partial charge in [0.25, 0.3) is 0 Å². The quantitative estimate of drug-likeness (QED) is 0.359. The molecule has 1 amide bonds. The molecule has 0 aromatic rings. The highest BCUT2D eigenvalue weighted by atomic mass is 16.6. The Hall–Kier alpha value is -0.730. The van der Waals surface area contributed by atoms with Crippen molar-refractivity contribution in [3.63, 3.8) is 0 Å². The summed E-state index contributed by atoms with van der Waals surface area (Å²) in [5, 5.41) is 6.19. The second-order valence-electron chi connectivity index (χ2n) is 6.32. The van der Waals surface area contributed by atoms with Gasteiger partial charge in [-0.15, -0.1) is 0 Å². The van der Waals surface area contributed by atoms with Crippen molar-refractivity contribution >= 4 is 5.91 Å². The number of nitrogens with one attached hydrogen (secondary N) is 2. The van der Waals surface area contributed by atoms with Crippen molar-refractivity contribution < 1.29 is 23.7 Å². The van der Waals surface area contributed by atoms with Gasteiger partial charge in [0.1, 0.15) is 0 Å². The Kier molecular flexibility index (Phi) is 17.5. The topological polar surface area (TPSA) is 78.1 Å². The summed E-state index contributed by atoms with van der Waals surface area (Å²) in [6, 6.07) is 0.483. The molecule has 0 radical (unpaired) electrons. The average Bonchev–Trinajstić information content (AvgIpc) is 2.55. The van der Waals surface area contributed by atoms with E-state index in [1.165, 1.54) is 0 Å². The van der Waals surface area contributed by atoms with Gasteiger partial charge in [-0.3, -0.25) is 4.79 Å². The van der Waals surface area contributed by atoms with Crippen LogP contribution < -0.4 is 10.6 Å². The predicted octanol–water partition coefficient (Wildman–Crippen LogP) is 1.36. The van der Waals surface area contributed by atoms with Crippen molar-refractivity contribution in [1.29, 1.82) is 0 Å². The second-order valence-corrected chi connectivity index (χ2v) is 6.32. The smallest absolute Gasteiger partial charge is 0.222 e. The summed E-state index contributed by atoms with van der Waals surface area (Å²) in [6.07, 6.45) is 1.56. The third kappa shape index (κ3) is 21.2. The molecule has 0 atom stereocenters. The molecule has 0 fully saturated rings. The molecule has 150 valence electrons. The van der Waals surface area contributed by atoms with Gasteiger partial charge in [0.15, 0.2) is 0 Å². The maximum atomic E-state index is 11.6. The SMILES string of the molecule is CC(C)NCCCNC(=O)CCOCCOCCOCCOC(C)C. The van der Waals surface area contributed by atoms with Crippen molar-refractivity contribution in [2.75, 3.05) is 59.3 Å². The Balaban J connectivity index is 3.16. The van der Waals surface area contributed by atoms with E-state index in [9.17, 15) is 4.79 Å². The summed E-state index contributed by atoms with van der Waals surface area (Å²) >= 11 is 0. The van der Waals surface area contributed by atoms with E-state index in [1.54, 1.807) is 0 Å². The van der Waals surface area contributed by atoms with Gasteiger partial charge < -0.3 is 29.6 Å². The molecule has 2 N–H and O–H groups in total. The molecule has 0 bridgehead atoms. The Morgan fingerprint density at radius 3 is 1.92 bits per heavy atom. The molecule has 0 saturated carbocycles. The van der Waals surface area contributed by atoms with Gasteiger partial charge >= 0.3 is 0 Å². The van der Waals surface area contributed by atoms with Crippen LogP contribution in [0.2, 0.25) is 0 Å². The van der Waals surface area contributed by atoms with Crippen LogP contribution in [0.4, 0.5) is 0 Å². The molecule has 0 aromatic carbocycles. The molecule has 0 rings (SSSR count). The lowest BCUT2D eigenvalue weighted by molar-refractivity contribution is -0.122. The fourth-order valence-electron chi connectivity index (χ4n) is 1.84. The number of ether oxygens (including phenoxy) is 4. The van der Waals surface area contributed by atoms with Gasteiger partial charge in [-0.1, -0.05) is 13.8 Å². The Morgan fingerprint density at radius 1 is 0.800 bits per heavy atom. The zero-order chi connectivity index (χ0) is 18.8. The average molecular weight is 363 g/mol. The fourth-order valence-corrected chi connectivity index (χ4v) is 1.84. The highest BCUT2D eigenvalue weighted by Crippen LogP contribution is 1.88. The maximum absolute atomic E-state index is 11.6. The normalized spacial score (nSPS) is 11.4. The van der Waals surface area contributed by atoms with Crippen LogP contribution in [0.25, 0.3) is 0 Å². The maximum Gasteiger partial charge on any atom is 0.222 e. The third-order valence-electron chi connectivity index (χ3n) is 3.12. The van der Waals surface area contributed by atoms with E-state index in [4.69, 9.17) is 18.9 Å². The largest absolute Gasteiger partial charge is 0.379 e. The van der Waals surface area contributed by atoms with Crippen LogP contribution >= 0.6 is 0 Å². The number of hydrogen-bond donors (Lipinski definition) is 2. The number of amides is 1. The van der Waals surface area contributed by atoms with Crippen molar-refractivity contribution in [2.45, 2.75) is 52.7 Å². The van der Waals surface area contributed by atoms with Crippen LogP contribution in [0.15, 0.2) is 0 Å². The van der Waals surface area contributed by atoms with Crippen LogP contribution in [0, 0.1) is 0 Å². The Bertz CT molecular complexity index is 301. The lowest BCUT2D eigenvalue weighted by Gasteiger charge is -2.09. The predicted molar refractivity (Wildman–Crippen MR) is 98.9 cm³/mol. The molecular formula is C18H38N2O5. The van der Waals surface area contributed by atoms with E-state index in [0.29, 0.717) is 65.3 Å². The minimum atomic E-state index is 0.0301. The minimum Gasteiger partial charge on any atom is -0.379 e. The van der Waals surface area contributed by atoms with E-state index < -0.39 is 0 Å². The van der Waals surface area contributed by atoms with E-state index in [1.807, 2.05) is 13.8 Å². The van der Waals surface area contributed by atoms with Gasteiger partial charge in [0, 0.05) is 19.0 Å². The van der Waals surface area contributed by atoms with Crippen LogP contribution in [0.1, 0.15) is 40.5 Å². The number of carbonyl (C=O) groups excluding carboxylic acids is 1. The van der Waals surface area contributed by atoms with Gasteiger partial charge in [-0.05, 0) is 26.8 Å². The second kappa shape index (κ2) is 18.1. The van der Waals surface area contributed by atoms with E-state index in [-0.39, 0.29) is 12.0 Å². The molecule has 7 nitrogen and oxygen atoms in total. The number of rotatable bonds is 18. The highest BCUT2D eigenvalue weighted by Gasteiger charge is 2.01. The van der Waals surface area contributed by atoms with Gasteiger partial charge in [-0.25, -0.2) is 0 Å². The van der Waals surface area contributed by atoms with Gasteiger partial charge in [0.2, 0.25) is 5.91 Å². The number of hydrogen-bond acceptors (Lipinski definition) is 6. The summed E-state index contributed by atoms with van der Waals surface area (Å²) in [5.41, 5.74) is 0. The standard InChI is InChI=1S/C18H38N2O5/c1-16(2)19-7-5-8-20-18(21)6-9-22-10-11-23-12-13-24-14-15-25-17(3)4/h16-17,19H,5-15H2,1-4H3,(H,20,21). The third-order valence-corrected chi connectivity index (χ3v) is 3.12. The molecule has 0 saturated heterocycles. The van der Waals surface area contributed by atoms with Crippen LogP contribution in [0.3, 0.4) is 0 Å². The summed E-state index contributed by atoms with van der Waals surface area (Å²) in [5.74, 6) is 0.0301. The molecule has 0 aromatic heterocycles. The molecular weight excluding hydrogens is 324 g/mol. The monoisotopic (exact) mass is 362 g/mol. The van der Waals surface area contributed by atoms with Crippen molar-refractivity contribution in [1.82, 2.24) is 10.6 Å². The molecule has 7 heteroatoms. The summed E-state index contributed by atoms with van der Waals surface area (Å²) in [6.45, 7) is 13.5. The van der Waals surface area contributed by atoms with E-state index in [2.05, 4.69) is 24.5 Å². The van der Waals surface area contributed by atoms with Crippen molar-refractivity contribution in [3.8, 4) is 0 Å². The lowest BCUT2D eigenvalue weighted by atomic mass is 10.3. The molecule has 0 spiro atoms.